The van der Waals surface area contributed by atoms with Crippen LogP contribution in [0.5, 0.6) is 5.75 Å². The lowest BCUT2D eigenvalue weighted by molar-refractivity contribution is 0.0101. The summed E-state index contributed by atoms with van der Waals surface area (Å²) in [6, 6.07) is 8.52. The summed E-state index contributed by atoms with van der Waals surface area (Å²) in [6.07, 6.45) is 3.88. The van der Waals surface area contributed by atoms with Gasteiger partial charge >= 0.3 is 0 Å². The molecule has 0 spiro atoms. The predicted octanol–water partition coefficient (Wildman–Crippen LogP) is 2.85. The van der Waals surface area contributed by atoms with Crippen LogP contribution in [0, 0.1) is 0 Å². The Bertz CT molecular complexity index is 648. The molecular formula is C17H22N2O2. The molecule has 1 atom stereocenters. The largest absolute Gasteiger partial charge is 0.493 e. The summed E-state index contributed by atoms with van der Waals surface area (Å²) in [5, 5.41) is 15.7. The summed E-state index contributed by atoms with van der Waals surface area (Å²) in [7, 11) is 1.63. The van der Waals surface area contributed by atoms with E-state index in [0.29, 0.717) is 18.6 Å². The van der Waals surface area contributed by atoms with E-state index in [1.54, 1.807) is 13.3 Å². The van der Waals surface area contributed by atoms with Gasteiger partial charge in [-0.25, -0.2) is 0 Å². The van der Waals surface area contributed by atoms with E-state index in [9.17, 15) is 5.11 Å². The van der Waals surface area contributed by atoms with Gasteiger partial charge in [-0.15, -0.1) is 0 Å². The Morgan fingerprint density at radius 2 is 2.00 bits per heavy atom. The Balaban J connectivity index is 2.06. The number of aryl methyl sites for hydroxylation is 1. The van der Waals surface area contributed by atoms with Gasteiger partial charge in [0.2, 0.25) is 0 Å². The van der Waals surface area contributed by atoms with Gasteiger partial charge in [0.15, 0.2) is 5.75 Å². The fourth-order valence-corrected chi connectivity index (χ4v) is 3.25. The maximum absolute atomic E-state index is 11.3. The molecule has 0 aliphatic heterocycles. The van der Waals surface area contributed by atoms with E-state index in [1.165, 1.54) is 11.1 Å². The SMILES string of the molecule is COc1cnn(C(C)C)c1C1(O)CCc2ccccc2C1. The predicted molar refractivity (Wildman–Crippen MR) is 81.5 cm³/mol. The van der Waals surface area contributed by atoms with Crippen LogP contribution in [0.15, 0.2) is 30.5 Å². The Labute approximate surface area is 125 Å². The van der Waals surface area contributed by atoms with E-state index in [-0.39, 0.29) is 6.04 Å². The van der Waals surface area contributed by atoms with Gasteiger partial charge in [-0.05, 0) is 37.8 Å². The summed E-state index contributed by atoms with van der Waals surface area (Å²) < 4.78 is 7.32. The Morgan fingerprint density at radius 1 is 1.29 bits per heavy atom. The first kappa shape index (κ1) is 14.1. The molecule has 0 amide bonds. The van der Waals surface area contributed by atoms with Crippen LogP contribution in [0.2, 0.25) is 0 Å². The zero-order valence-electron chi connectivity index (χ0n) is 12.8. The van der Waals surface area contributed by atoms with Gasteiger partial charge in [0.1, 0.15) is 11.3 Å². The van der Waals surface area contributed by atoms with E-state index in [4.69, 9.17) is 4.74 Å². The first-order valence-electron chi connectivity index (χ1n) is 7.46. The Kier molecular flexibility index (Phi) is 3.49. The zero-order chi connectivity index (χ0) is 15.0. The van der Waals surface area contributed by atoms with E-state index in [0.717, 1.165) is 12.1 Å². The number of fused-ring (bicyclic) bond motifs is 1. The number of nitrogens with zero attached hydrogens (tertiary/aromatic N) is 2. The highest BCUT2D eigenvalue weighted by Crippen LogP contribution is 2.41. The number of rotatable bonds is 3. The van der Waals surface area contributed by atoms with Gasteiger partial charge in [0, 0.05) is 12.5 Å². The molecule has 0 radical (unpaired) electrons. The molecule has 1 heterocycles. The number of ether oxygens (including phenoxy) is 1. The highest BCUT2D eigenvalue weighted by Gasteiger charge is 2.39. The highest BCUT2D eigenvalue weighted by atomic mass is 16.5. The van der Waals surface area contributed by atoms with Gasteiger partial charge in [-0.3, -0.25) is 4.68 Å². The first-order chi connectivity index (χ1) is 10.0. The maximum atomic E-state index is 11.3. The van der Waals surface area contributed by atoms with Crippen molar-refractivity contribution in [3.05, 3.63) is 47.3 Å². The van der Waals surface area contributed by atoms with Crippen LogP contribution in [-0.4, -0.2) is 22.0 Å². The van der Waals surface area contributed by atoms with Crippen molar-refractivity contribution in [2.45, 2.75) is 44.8 Å². The van der Waals surface area contributed by atoms with Crippen LogP contribution in [0.3, 0.4) is 0 Å². The second kappa shape index (κ2) is 5.19. The quantitative estimate of drug-likeness (QED) is 0.944. The number of hydrogen-bond acceptors (Lipinski definition) is 3. The average Bonchev–Trinajstić information content (AvgIpc) is 2.92. The summed E-state index contributed by atoms with van der Waals surface area (Å²) in [6.45, 7) is 4.13. The summed E-state index contributed by atoms with van der Waals surface area (Å²) >= 11 is 0. The standard InChI is InChI=1S/C17H22N2O2/c1-12(2)19-16(15(21-3)11-18-19)17(20)9-8-13-6-4-5-7-14(13)10-17/h4-7,11-12,20H,8-10H2,1-3H3. The zero-order valence-corrected chi connectivity index (χ0v) is 12.8. The molecule has 0 bridgehead atoms. The lowest BCUT2D eigenvalue weighted by Crippen LogP contribution is -2.36. The van der Waals surface area contributed by atoms with Gasteiger partial charge < -0.3 is 9.84 Å². The second-order valence-electron chi connectivity index (χ2n) is 6.08. The minimum atomic E-state index is -0.916. The van der Waals surface area contributed by atoms with Crippen LogP contribution < -0.4 is 4.74 Å². The molecule has 4 nitrogen and oxygen atoms in total. The topological polar surface area (TPSA) is 47.3 Å². The van der Waals surface area contributed by atoms with Crippen molar-refractivity contribution in [2.24, 2.45) is 0 Å². The number of aliphatic hydroxyl groups is 1. The van der Waals surface area contributed by atoms with Crippen LogP contribution >= 0.6 is 0 Å². The van der Waals surface area contributed by atoms with Crippen molar-refractivity contribution in [2.75, 3.05) is 7.11 Å². The van der Waals surface area contributed by atoms with Crippen LogP contribution in [-0.2, 0) is 18.4 Å². The van der Waals surface area contributed by atoms with Crippen molar-refractivity contribution in [1.82, 2.24) is 9.78 Å². The highest BCUT2D eigenvalue weighted by molar-refractivity contribution is 5.38. The number of aromatic nitrogens is 2. The molecule has 1 unspecified atom stereocenters. The fourth-order valence-electron chi connectivity index (χ4n) is 3.25. The van der Waals surface area contributed by atoms with Gasteiger partial charge in [-0.2, -0.15) is 5.10 Å². The van der Waals surface area contributed by atoms with E-state index in [2.05, 4.69) is 37.1 Å². The molecule has 1 N–H and O–H groups in total. The number of hydrogen-bond donors (Lipinski definition) is 1. The number of methoxy groups -OCH3 is 1. The lowest BCUT2D eigenvalue weighted by Gasteiger charge is -2.35. The molecular weight excluding hydrogens is 264 g/mol. The summed E-state index contributed by atoms with van der Waals surface area (Å²) in [5.41, 5.74) is 2.43. The van der Waals surface area contributed by atoms with Crippen molar-refractivity contribution in [1.29, 1.82) is 0 Å². The molecule has 1 aliphatic rings. The molecule has 4 heteroatoms. The van der Waals surface area contributed by atoms with E-state index >= 15 is 0 Å². The minimum absolute atomic E-state index is 0.185. The lowest BCUT2D eigenvalue weighted by atomic mass is 9.78. The molecule has 1 aromatic carbocycles. The van der Waals surface area contributed by atoms with Gasteiger partial charge in [0.05, 0.1) is 13.3 Å². The average molecular weight is 286 g/mol. The molecule has 0 saturated heterocycles. The van der Waals surface area contributed by atoms with Gasteiger partial charge in [-0.1, -0.05) is 24.3 Å². The van der Waals surface area contributed by atoms with E-state index in [1.807, 2.05) is 10.7 Å². The molecule has 0 fully saturated rings. The van der Waals surface area contributed by atoms with E-state index < -0.39 is 5.60 Å². The van der Waals surface area contributed by atoms with Crippen molar-refractivity contribution in [3.8, 4) is 5.75 Å². The molecule has 1 aliphatic carbocycles. The van der Waals surface area contributed by atoms with Crippen LogP contribution in [0.4, 0.5) is 0 Å². The minimum Gasteiger partial charge on any atom is -0.493 e. The maximum Gasteiger partial charge on any atom is 0.162 e. The third-order valence-electron chi connectivity index (χ3n) is 4.32. The molecule has 112 valence electrons. The van der Waals surface area contributed by atoms with Crippen molar-refractivity contribution >= 4 is 0 Å². The molecule has 1 aromatic heterocycles. The van der Waals surface area contributed by atoms with Crippen molar-refractivity contribution in [3.63, 3.8) is 0 Å². The first-order valence-corrected chi connectivity index (χ1v) is 7.46. The third-order valence-corrected chi connectivity index (χ3v) is 4.32. The van der Waals surface area contributed by atoms with Crippen molar-refractivity contribution < 1.29 is 9.84 Å². The van der Waals surface area contributed by atoms with Crippen LogP contribution in [0.25, 0.3) is 0 Å². The molecule has 2 aromatic rings. The molecule has 21 heavy (non-hydrogen) atoms. The van der Waals surface area contributed by atoms with Crippen LogP contribution in [0.1, 0.15) is 43.1 Å². The Hall–Kier alpha value is -1.81. The smallest absolute Gasteiger partial charge is 0.162 e. The van der Waals surface area contributed by atoms with Gasteiger partial charge in [0.25, 0.3) is 0 Å². The Morgan fingerprint density at radius 3 is 2.67 bits per heavy atom. The monoisotopic (exact) mass is 286 g/mol. The summed E-state index contributed by atoms with van der Waals surface area (Å²) in [4.78, 5) is 0. The molecule has 3 rings (SSSR count). The summed E-state index contributed by atoms with van der Waals surface area (Å²) in [5.74, 6) is 0.672. The fraction of sp³-hybridized carbons (Fsp3) is 0.471. The third kappa shape index (κ3) is 2.33. The number of benzene rings is 1. The second-order valence-corrected chi connectivity index (χ2v) is 6.08. The normalized spacial score (nSPS) is 21.4. The molecule has 0 saturated carbocycles.